The number of aromatic nitrogens is 6. The van der Waals surface area contributed by atoms with E-state index < -0.39 is 0 Å². The van der Waals surface area contributed by atoms with E-state index in [-0.39, 0.29) is 141 Å². The van der Waals surface area contributed by atoms with Crippen molar-refractivity contribution in [1.29, 1.82) is 0 Å². The van der Waals surface area contributed by atoms with E-state index in [4.69, 9.17) is 33.8 Å². The standard InChI is InChI=1S/C22H24N4O2.C16H20BNO3.C12H16IN3O.CH2O3.2K.H/c1-3-20(27)25-9-10-26-18(13-25)21(24-22(26)14-7-8-14)16-6-4-5-15-11-19(28-2)23-12-17(15)16;1-15(2)16(3,4)21-17(20-15)13-8-6-7-11-9-14(19-5)18-10-12(11)13;1-2-10(17)15-5-6-16-9(7-15)11(13)14-12(16)8-3-4-8;2-1-4-3;;;/h4-6,11-12,14H,3,7-10,13H2,1-2H3;6-10H,1-5H3;8H,2-7H2,1H3;1,3H;;;/q;;;;2*+1;-1/p-1. The Morgan fingerprint density at radius 2 is 1.24 bits per heavy atom. The minimum Gasteiger partial charge on any atom is -1.00 e. The van der Waals surface area contributed by atoms with Crippen molar-refractivity contribution in [3.8, 4) is 23.0 Å². The number of hydrogen-bond donors (Lipinski definition) is 0. The summed E-state index contributed by atoms with van der Waals surface area (Å²) in [6, 6.07) is 16.2. The second-order valence-corrected chi connectivity index (χ2v) is 20.0. The molecule has 3 fully saturated rings. The van der Waals surface area contributed by atoms with E-state index in [0.29, 0.717) is 43.0 Å². The van der Waals surface area contributed by atoms with Crippen molar-refractivity contribution in [2.75, 3.05) is 27.3 Å². The summed E-state index contributed by atoms with van der Waals surface area (Å²) < 4.78 is 28.5. The first-order valence-corrected chi connectivity index (χ1v) is 25.1. The maximum atomic E-state index is 12.3. The van der Waals surface area contributed by atoms with Gasteiger partial charge < -0.3 is 49.3 Å². The molecule has 4 aromatic heterocycles. The molecule has 21 heteroatoms. The van der Waals surface area contributed by atoms with Crippen LogP contribution in [0.15, 0.2) is 60.9 Å². The van der Waals surface area contributed by atoms with Crippen molar-refractivity contribution >= 4 is 75.0 Å². The molecule has 2 amide bonds. The van der Waals surface area contributed by atoms with E-state index in [1.54, 1.807) is 14.2 Å². The number of amides is 2. The third-order valence-corrected chi connectivity index (χ3v) is 14.8. The largest absolute Gasteiger partial charge is 1.00 e. The van der Waals surface area contributed by atoms with Crippen LogP contribution >= 0.6 is 22.6 Å². The van der Waals surface area contributed by atoms with Crippen molar-refractivity contribution in [3.63, 3.8) is 0 Å². The fourth-order valence-corrected chi connectivity index (χ4v) is 9.79. The summed E-state index contributed by atoms with van der Waals surface area (Å²) in [5, 5.41) is 12.7. The SMILES string of the molecule is CCC(=O)N1CCn2c(C3CC3)nc(-c3cccc4cc(OC)ncc34)c2C1.CCC(=O)N1CCn2c(C3CC3)nc(I)c2C1.COc1cc2cccc(B3OC(C)(C)C(C)(C)O3)c2cn1.O=CO[O-].[H-].[K+].[K+]. The van der Waals surface area contributed by atoms with Crippen molar-refractivity contribution in [2.24, 2.45) is 0 Å². The van der Waals surface area contributed by atoms with Gasteiger partial charge in [-0.05, 0) is 92.2 Å². The molecule has 0 atom stereocenters. The predicted octanol–water partition coefficient (Wildman–Crippen LogP) is 0.952. The summed E-state index contributed by atoms with van der Waals surface area (Å²) in [5.74, 6) is 5.36. The normalized spacial score (nSPS) is 17.0. The molecule has 2 aromatic carbocycles. The van der Waals surface area contributed by atoms with E-state index in [1.165, 1.54) is 43.0 Å². The van der Waals surface area contributed by atoms with Crippen LogP contribution in [0.4, 0.5) is 0 Å². The van der Waals surface area contributed by atoms with Crippen LogP contribution in [0.25, 0.3) is 32.8 Å². The summed E-state index contributed by atoms with van der Waals surface area (Å²) in [6.45, 7) is 16.6. The van der Waals surface area contributed by atoms with Gasteiger partial charge in [0, 0.05) is 91.7 Å². The monoisotopic (exact) mass is 1150 g/mol. The number of imidazole rings is 2. The minimum absolute atomic E-state index is 0. The van der Waals surface area contributed by atoms with Gasteiger partial charge in [0.25, 0.3) is 6.47 Å². The molecule has 11 rings (SSSR count). The van der Waals surface area contributed by atoms with E-state index in [1.807, 2.05) is 66.4 Å². The van der Waals surface area contributed by atoms with Gasteiger partial charge in [-0.2, -0.15) is 0 Å². The summed E-state index contributed by atoms with van der Waals surface area (Å²) in [5.41, 5.74) is 4.77. The van der Waals surface area contributed by atoms with Crippen LogP contribution in [-0.4, -0.2) is 103 Å². The fourth-order valence-electron chi connectivity index (χ4n) is 9.08. The molecule has 2 saturated carbocycles. The molecule has 1 saturated heterocycles. The zero-order valence-electron chi connectivity index (χ0n) is 44.2. The number of carbonyl (C=O) groups excluding carboxylic acids is 3. The molecule has 17 nitrogen and oxygen atoms in total. The molecule has 3 aliphatic heterocycles. The number of benzene rings is 2. The van der Waals surface area contributed by atoms with Gasteiger partial charge in [0.05, 0.1) is 55.6 Å². The van der Waals surface area contributed by atoms with Crippen LogP contribution < -0.4 is 123 Å². The van der Waals surface area contributed by atoms with Crippen LogP contribution in [0.5, 0.6) is 11.8 Å². The van der Waals surface area contributed by atoms with Gasteiger partial charge in [0.1, 0.15) is 15.3 Å². The Bertz CT molecular complexity index is 2880. The summed E-state index contributed by atoms with van der Waals surface area (Å²) >= 11 is 2.30. The molecule has 372 valence electrons. The van der Waals surface area contributed by atoms with Crippen LogP contribution in [0, 0.1) is 3.70 Å². The number of ether oxygens (including phenoxy) is 2. The van der Waals surface area contributed by atoms with Crippen LogP contribution in [0.3, 0.4) is 0 Å². The Labute approximate surface area is 521 Å². The molecule has 0 unspecified atom stereocenters. The summed E-state index contributed by atoms with van der Waals surface area (Å²) in [7, 11) is 2.87. The van der Waals surface area contributed by atoms with E-state index in [0.717, 1.165) is 80.4 Å². The van der Waals surface area contributed by atoms with Crippen molar-refractivity contribution in [2.45, 2.75) is 129 Å². The number of methoxy groups -OCH3 is 2. The smallest absolute Gasteiger partial charge is 1.00 e. The second-order valence-electron chi connectivity index (χ2n) is 19.0. The third kappa shape index (κ3) is 13.1. The average Bonchev–Trinajstić information content (AvgIpc) is 4.33. The van der Waals surface area contributed by atoms with Crippen LogP contribution in [-0.2, 0) is 54.8 Å². The van der Waals surface area contributed by atoms with Crippen molar-refractivity contribution in [1.82, 2.24) is 38.9 Å². The molecule has 5 aliphatic rings. The maximum Gasteiger partial charge on any atom is 1.00 e. The third-order valence-electron chi connectivity index (χ3n) is 14.0. The van der Waals surface area contributed by atoms with Gasteiger partial charge in [-0.1, -0.05) is 50.2 Å². The first-order chi connectivity index (χ1) is 33.6. The zero-order chi connectivity index (χ0) is 49.9. The number of hydrogen-bond acceptors (Lipinski definition) is 13. The first-order valence-electron chi connectivity index (χ1n) is 24.0. The van der Waals surface area contributed by atoms with Crippen LogP contribution in [0.1, 0.15) is 116 Å². The fraction of sp³-hybridized carbons (Fsp3) is 0.471. The Morgan fingerprint density at radius 1 is 0.764 bits per heavy atom. The summed E-state index contributed by atoms with van der Waals surface area (Å²) in [6.07, 6.45) is 9.80. The van der Waals surface area contributed by atoms with Gasteiger partial charge in [-0.25, -0.2) is 19.9 Å². The number of pyridine rings is 2. The molecule has 7 heterocycles. The van der Waals surface area contributed by atoms with Gasteiger partial charge >= 0.3 is 110 Å². The molecule has 0 bridgehead atoms. The molecule has 72 heavy (non-hydrogen) atoms. The quantitative estimate of drug-likeness (QED) is 0.0656. The van der Waals surface area contributed by atoms with Gasteiger partial charge in [-0.3, -0.25) is 14.4 Å². The number of fused-ring (bicyclic) bond motifs is 4. The molecular formula is C51H62BIK2N8O9. The predicted molar refractivity (Wildman–Crippen MR) is 272 cm³/mol. The first kappa shape index (κ1) is 58.9. The van der Waals surface area contributed by atoms with Gasteiger partial charge in [0.2, 0.25) is 23.6 Å². The van der Waals surface area contributed by atoms with Crippen molar-refractivity contribution < 1.29 is 148 Å². The topological polar surface area (TPSA) is 188 Å². The van der Waals surface area contributed by atoms with E-state index >= 15 is 0 Å². The molecule has 0 spiro atoms. The van der Waals surface area contributed by atoms with E-state index in [2.05, 4.69) is 97.5 Å². The molecule has 0 N–H and O–H groups in total. The Morgan fingerprint density at radius 3 is 1.74 bits per heavy atom. The number of rotatable bonds is 9. The van der Waals surface area contributed by atoms with E-state index in [9.17, 15) is 9.59 Å². The second kappa shape index (κ2) is 25.7. The average molecular weight is 1150 g/mol. The Balaban J connectivity index is 0.000000197. The number of carbonyl (C=O) groups is 3. The van der Waals surface area contributed by atoms with Crippen molar-refractivity contribution in [3.05, 3.63) is 87.7 Å². The van der Waals surface area contributed by atoms with Gasteiger partial charge in [0.15, 0.2) is 0 Å². The molecular weight excluding hydrogens is 1080 g/mol. The minimum atomic E-state index is -0.381. The Kier molecular flexibility index (Phi) is 21.0. The summed E-state index contributed by atoms with van der Waals surface area (Å²) in [4.78, 5) is 57.7. The van der Waals surface area contributed by atoms with Crippen LogP contribution in [0.2, 0.25) is 0 Å². The maximum absolute atomic E-state index is 12.3. The van der Waals surface area contributed by atoms with Gasteiger partial charge in [-0.15, -0.1) is 0 Å². The zero-order valence-corrected chi connectivity index (χ0v) is 51.6. The molecule has 2 aliphatic carbocycles. The number of halogens is 1. The molecule has 6 aromatic rings. The number of nitrogens with zero attached hydrogens (tertiary/aromatic N) is 8. The Hall–Kier alpha value is -2.36. The molecule has 0 radical (unpaired) electrons.